The third-order valence-electron chi connectivity index (χ3n) is 2.00. The monoisotopic (exact) mass is 248 g/mol. The van der Waals surface area contributed by atoms with Crippen molar-refractivity contribution in [2.45, 2.75) is 19.4 Å². The topological polar surface area (TPSA) is 72.2 Å². The summed E-state index contributed by atoms with van der Waals surface area (Å²) >= 11 is 1.56. The van der Waals surface area contributed by atoms with Crippen LogP contribution in [0.4, 0.5) is 0 Å². The maximum absolute atomic E-state index is 11.5. The number of rotatable bonds is 6. The van der Waals surface area contributed by atoms with Crippen LogP contribution in [0.2, 0.25) is 0 Å². The van der Waals surface area contributed by atoms with Gasteiger partial charge in [-0.1, -0.05) is 13.0 Å². The number of hydrogen-bond acceptors (Lipinski definition) is 4. The molecule has 0 fully saturated rings. The molecule has 0 amide bonds. The van der Waals surface area contributed by atoms with Gasteiger partial charge in [0.05, 0.1) is 11.8 Å². The van der Waals surface area contributed by atoms with E-state index in [1.807, 2.05) is 24.4 Å². The highest BCUT2D eigenvalue weighted by atomic mass is 32.2. The molecule has 0 aromatic carbocycles. The highest BCUT2D eigenvalue weighted by Crippen LogP contribution is 2.22. The van der Waals surface area contributed by atoms with Gasteiger partial charge in [0.1, 0.15) is 0 Å². The molecule has 15 heavy (non-hydrogen) atoms. The molecule has 0 saturated heterocycles. The molecule has 1 heterocycles. The van der Waals surface area contributed by atoms with Crippen LogP contribution in [0.25, 0.3) is 0 Å². The lowest BCUT2D eigenvalue weighted by atomic mass is 10.2. The maximum atomic E-state index is 11.5. The molecule has 3 N–H and O–H groups in total. The zero-order valence-corrected chi connectivity index (χ0v) is 10.3. The van der Waals surface area contributed by atoms with Gasteiger partial charge in [-0.25, -0.2) is 13.1 Å². The fourth-order valence-corrected chi connectivity index (χ4v) is 3.35. The summed E-state index contributed by atoms with van der Waals surface area (Å²) in [7, 11) is -3.24. The number of nitrogens with one attached hydrogen (secondary N) is 1. The van der Waals surface area contributed by atoms with E-state index in [4.69, 9.17) is 5.73 Å². The van der Waals surface area contributed by atoms with E-state index in [9.17, 15) is 8.42 Å². The predicted octanol–water partition coefficient (Wildman–Crippen LogP) is 1.08. The lowest BCUT2D eigenvalue weighted by Crippen LogP contribution is -2.32. The second-order valence-corrected chi connectivity index (χ2v) is 6.05. The minimum absolute atomic E-state index is 0.0190. The highest BCUT2D eigenvalue weighted by molar-refractivity contribution is 7.89. The number of thiophene rings is 1. The maximum Gasteiger partial charge on any atom is 0.213 e. The first-order valence-corrected chi connectivity index (χ1v) is 7.35. The van der Waals surface area contributed by atoms with Gasteiger partial charge in [0.15, 0.2) is 0 Å². The Morgan fingerprint density at radius 3 is 2.80 bits per heavy atom. The van der Waals surface area contributed by atoms with Gasteiger partial charge in [0.25, 0.3) is 0 Å². The van der Waals surface area contributed by atoms with E-state index in [1.54, 1.807) is 11.3 Å². The molecule has 0 spiro atoms. The summed E-state index contributed by atoms with van der Waals surface area (Å²) in [5.41, 5.74) is 5.23. The fourth-order valence-electron chi connectivity index (χ4n) is 1.26. The van der Waals surface area contributed by atoms with Crippen molar-refractivity contribution >= 4 is 21.4 Å². The molecule has 0 aliphatic heterocycles. The van der Waals surface area contributed by atoms with Gasteiger partial charge < -0.3 is 5.73 Å². The first-order valence-electron chi connectivity index (χ1n) is 4.82. The fraction of sp³-hybridized carbons (Fsp3) is 0.556. The lowest BCUT2D eigenvalue weighted by molar-refractivity contribution is 0.553. The second-order valence-electron chi connectivity index (χ2n) is 3.20. The Bertz CT molecular complexity index is 373. The zero-order valence-electron chi connectivity index (χ0n) is 8.64. The molecular formula is C9H16N2O2S2. The minimum atomic E-state index is -3.24. The van der Waals surface area contributed by atoms with Crippen LogP contribution in [-0.2, 0) is 10.0 Å². The van der Waals surface area contributed by atoms with Gasteiger partial charge in [0.2, 0.25) is 10.0 Å². The molecule has 4 nitrogen and oxygen atoms in total. The Labute approximate surface area is 94.5 Å². The Kier molecular flexibility index (Phi) is 4.72. The van der Waals surface area contributed by atoms with E-state index < -0.39 is 10.0 Å². The van der Waals surface area contributed by atoms with Crippen molar-refractivity contribution in [3.05, 3.63) is 22.4 Å². The molecule has 0 aliphatic carbocycles. The summed E-state index contributed by atoms with van der Waals surface area (Å²) in [6, 6.07) is 3.73. The van der Waals surface area contributed by atoms with Gasteiger partial charge in [-0.3, -0.25) is 0 Å². The lowest BCUT2D eigenvalue weighted by Gasteiger charge is -2.15. The summed E-state index contributed by atoms with van der Waals surface area (Å²) < 4.78 is 25.7. The zero-order chi connectivity index (χ0) is 11.3. The van der Waals surface area contributed by atoms with Crippen molar-refractivity contribution in [2.24, 2.45) is 5.73 Å². The Hall–Kier alpha value is -0.430. The standard InChI is InChI=1S/C9H16N2O2S2/c1-2-8(9-4-3-6-14-9)11-15(12,13)7-5-10/h3-4,6,8,11H,2,5,7,10H2,1H3. The van der Waals surface area contributed by atoms with Crippen molar-refractivity contribution in [3.63, 3.8) is 0 Å². The van der Waals surface area contributed by atoms with Gasteiger partial charge >= 0.3 is 0 Å². The average molecular weight is 248 g/mol. The van der Waals surface area contributed by atoms with E-state index in [1.165, 1.54) is 0 Å². The Balaban J connectivity index is 2.70. The van der Waals surface area contributed by atoms with E-state index in [0.717, 1.165) is 11.3 Å². The van der Waals surface area contributed by atoms with Crippen molar-refractivity contribution in [1.82, 2.24) is 4.72 Å². The van der Waals surface area contributed by atoms with Crippen LogP contribution >= 0.6 is 11.3 Å². The quantitative estimate of drug-likeness (QED) is 0.791. The van der Waals surface area contributed by atoms with E-state index >= 15 is 0 Å². The third kappa shape index (κ3) is 3.90. The first-order chi connectivity index (χ1) is 7.09. The summed E-state index contributed by atoms with van der Waals surface area (Å²) in [6.45, 7) is 2.10. The molecule has 0 radical (unpaired) electrons. The highest BCUT2D eigenvalue weighted by Gasteiger charge is 2.17. The summed E-state index contributed by atoms with van der Waals surface area (Å²) in [4.78, 5) is 1.04. The Morgan fingerprint density at radius 2 is 2.33 bits per heavy atom. The SMILES string of the molecule is CCC(NS(=O)(=O)CCN)c1cccs1. The smallest absolute Gasteiger partial charge is 0.213 e. The van der Waals surface area contributed by atoms with Gasteiger partial charge in [-0.15, -0.1) is 11.3 Å². The van der Waals surface area contributed by atoms with Gasteiger partial charge in [0, 0.05) is 11.4 Å². The number of nitrogens with two attached hydrogens (primary N) is 1. The van der Waals surface area contributed by atoms with E-state index in [-0.39, 0.29) is 18.3 Å². The van der Waals surface area contributed by atoms with Crippen LogP contribution in [0.5, 0.6) is 0 Å². The molecule has 6 heteroatoms. The first kappa shape index (κ1) is 12.6. The molecule has 1 atom stereocenters. The Morgan fingerprint density at radius 1 is 1.60 bits per heavy atom. The minimum Gasteiger partial charge on any atom is -0.329 e. The summed E-state index contributed by atoms with van der Waals surface area (Å²) in [5, 5.41) is 1.94. The van der Waals surface area contributed by atoms with Gasteiger partial charge in [-0.2, -0.15) is 0 Å². The van der Waals surface area contributed by atoms with Crippen LogP contribution in [0.1, 0.15) is 24.3 Å². The van der Waals surface area contributed by atoms with Crippen molar-refractivity contribution in [3.8, 4) is 0 Å². The van der Waals surface area contributed by atoms with Crippen LogP contribution in [0.3, 0.4) is 0 Å². The largest absolute Gasteiger partial charge is 0.329 e. The van der Waals surface area contributed by atoms with Crippen LogP contribution < -0.4 is 10.5 Å². The van der Waals surface area contributed by atoms with E-state index in [0.29, 0.717) is 0 Å². The number of sulfonamides is 1. The van der Waals surface area contributed by atoms with Crippen molar-refractivity contribution in [1.29, 1.82) is 0 Å². The van der Waals surface area contributed by atoms with Crippen LogP contribution in [0, 0.1) is 0 Å². The van der Waals surface area contributed by atoms with Crippen LogP contribution in [-0.4, -0.2) is 20.7 Å². The molecular weight excluding hydrogens is 232 g/mol. The summed E-state index contributed by atoms with van der Waals surface area (Å²) in [6.07, 6.45) is 0.740. The molecule has 0 aliphatic rings. The number of hydrogen-bond donors (Lipinski definition) is 2. The average Bonchev–Trinajstić information content (AvgIpc) is 2.67. The molecule has 0 saturated carbocycles. The molecule has 1 unspecified atom stereocenters. The molecule has 1 rings (SSSR count). The predicted molar refractivity (Wildman–Crippen MR) is 63.3 cm³/mol. The molecule has 1 aromatic rings. The third-order valence-corrected chi connectivity index (χ3v) is 4.41. The second kappa shape index (κ2) is 5.60. The van der Waals surface area contributed by atoms with E-state index in [2.05, 4.69) is 4.72 Å². The molecule has 86 valence electrons. The van der Waals surface area contributed by atoms with Crippen LogP contribution in [0.15, 0.2) is 17.5 Å². The molecule has 1 aromatic heterocycles. The molecule has 0 bridgehead atoms. The summed E-state index contributed by atoms with van der Waals surface area (Å²) in [5.74, 6) is -0.0190. The normalized spacial score (nSPS) is 14.0. The van der Waals surface area contributed by atoms with Crippen molar-refractivity contribution < 1.29 is 8.42 Å². The van der Waals surface area contributed by atoms with Gasteiger partial charge in [-0.05, 0) is 17.9 Å². The van der Waals surface area contributed by atoms with Crippen molar-refractivity contribution in [2.75, 3.05) is 12.3 Å².